The van der Waals surface area contributed by atoms with Crippen LogP contribution in [0.3, 0.4) is 0 Å². The lowest BCUT2D eigenvalue weighted by molar-refractivity contribution is -0.141. The monoisotopic (exact) mass is 448 g/mol. The van der Waals surface area contributed by atoms with E-state index in [2.05, 4.69) is 10.3 Å². The number of amides is 1. The minimum absolute atomic E-state index is 0.0553. The topological polar surface area (TPSA) is 88.5 Å². The zero-order chi connectivity index (χ0) is 23.5. The number of ether oxygens (including phenoxy) is 1. The first kappa shape index (κ1) is 22.7. The Labute approximate surface area is 179 Å². The number of allylic oxidation sites excluding steroid dienone is 1. The minimum atomic E-state index is -4.59. The van der Waals surface area contributed by atoms with Crippen LogP contribution in [-0.4, -0.2) is 22.0 Å². The van der Waals surface area contributed by atoms with Crippen molar-refractivity contribution >= 4 is 22.6 Å². The van der Waals surface area contributed by atoms with Crippen molar-refractivity contribution in [3.05, 3.63) is 83.1 Å². The number of hydrogen-bond acceptors (Lipinski definition) is 4. The summed E-state index contributed by atoms with van der Waals surface area (Å²) < 4.78 is 58.4. The molecule has 1 amide bonds. The number of hydrogen-bond donors (Lipinski definition) is 2. The summed E-state index contributed by atoms with van der Waals surface area (Å²) in [5.74, 6) is -3.10. The second kappa shape index (κ2) is 9.04. The van der Waals surface area contributed by atoms with Crippen molar-refractivity contribution in [2.45, 2.75) is 19.7 Å². The van der Waals surface area contributed by atoms with Gasteiger partial charge in [0, 0.05) is 22.5 Å². The molecular formula is C22H16F4N2O4. The first-order valence-corrected chi connectivity index (χ1v) is 9.19. The molecule has 0 fully saturated rings. The number of halogens is 4. The number of pyridine rings is 1. The van der Waals surface area contributed by atoms with Gasteiger partial charge in [-0.05, 0) is 19.1 Å². The SMILES string of the molecule is C/C=C(/NC(=O)c1cc(F)c2ccccc2c1OCc1ccc(C(F)(F)F)nc1)C(=O)O. The molecule has 3 rings (SSSR count). The van der Waals surface area contributed by atoms with Crippen molar-refractivity contribution < 1.29 is 37.0 Å². The van der Waals surface area contributed by atoms with E-state index in [1.54, 1.807) is 12.1 Å². The Morgan fingerprint density at radius 2 is 1.84 bits per heavy atom. The van der Waals surface area contributed by atoms with Gasteiger partial charge in [-0.25, -0.2) is 9.18 Å². The molecule has 166 valence electrons. The average molecular weight is 448 g/mol. The number of carboxylic acids is 1. The Balaban J connectivity index is 1.98. The molecule has 3 aromatic rings. The summed E-state index contributed by atoms with van der Waals surface area (Å²) in [6.45, 7) is 1.14. The molecule has 0 aliphatic heterocycles. The summed E-state index contributed by atoms with van der Waals surface area (Å²) in [6.07, 6.45) is -2.45. The largest absolute Gasteiger partial charge is 0.487 e. The maximum absolute atomic E-state index is 14.6. The number of benzene rings is 2. The molecule has 0 aliphatic carbocycles. The summed E-state index contributed by atoms with van der Waals surface area (Å²) in [5.41, 5.74) is -1.48. The maximum atomic E-state index is 14.6. The third-order valence-electron chi connectivity index (χ3n) is 4.45. The van der Waals surface area contributed by atoms with Gasteiger partial charge in [0.25, 0.3) is 5.91 Å². The van der Waals surface area contributed by atoms with Gasteiger partial charge in [-0.3, -0.25) is 9.78 Å². The number of carbonyl (C=O) groups is 2. The second-order valence-electron chi connectivity index (χ2n) is 6.58. The van der Waals surface area contributed by atoms with Crippen LogP contribution in [0.2, 0.25) is 0 Å². The summed E-state index contributed by atoms with van der Waals surface area (Å²) in [5, 5.41) is 11.7. The van der Waals surface area contributed by atoms with Crippen LogP contribution in [0.25, 0.3) is 10.8 Å². The standard InChI is InChI=1S/C22H16F4N2O4/c1-2-17(21(30)31)28-20(29)15-9-16(23)13-5-3-4-6-14(13)19(15)32-11-12-7-8-18(27-10-12)22(24,25)26/h2-10H,11H2,1H3,(H,28,29)(H,30,31)/b17-2+. The summed E-state index contributed by atoms with van der Waals surface area (Å²) in [6, 6.07) is 9.01. The highest BCUT2D eigenvalue weighted by Gasteiger charge is 2.32. The van der Waals surface area contributed by atoms with Crippen LogP contribution < -0.4 is 10.1 Å². The molecule has 0 bridgehead atoms. The van der Waals surface area contributed by atoms with Crippen LogP contribution in [0.4, 0.5) is 17.6 Å². The Hall–Kier alpha value is -3.95. The van der Waals surface area contributed by atoms with E-state index >= 15 is 0 Å². The predicted molar refractivity (Wildman–Crippen MR) is 106 cm³/mol. The Kier molecular flexibility index (Phi) is 6.42. The van der Waals surface area contributed by atoms with E-state index in [-0.39, 0.29) is 34.3 Å². The maximum Gasteiger partial charge on any atom is 0.433 e. The van der Waals surface area contributed by atoms with Gasteiger partial charge >= 0.3 is 12.1 Å². The average Bonchev–Trinajstić information content (AvgIpc) is 2.76. The third kappa shape index (κ3) is 4.85. The molecule has 2 N–H and O–H groups in total. The Morgan fingerprint density at radius 1 is 1.16 bits per heavy atom. The highest BCUT2D eigenvalue weighted by Crippen LogP contribution is 2.33. The smallest absolute Gasteiger partial charge is 0.433 e. The van der Waals surface area contributed by atoms with Crippen molar-refractivity contribution in [2.75, 3.05) is 0 Å². The van der Waals surface area contributed by atoms with E-state index in [1.165, 1.54) is 25.1 Å². The fourth-order valence-corrected chi connectivity index (χ4v) is 2.90. The molecule has 1 aromatic heterocycles. The van der Waals surface area contributed by atoms with E-state index in [9.17, 15) is 27.2 Å². The van der Waals surface area contributed by atoms with Crippen LogP contribution in [0.1, 0.15) is 28.5 Å². The summed E-state index contributed by atoms with van der Waals surface area (Å²) >= 11 is 0. The normalized spacial score (nSPS) is 12.0. The van der Waals surface area contributed by atoms with Gasteiger partial charge in [0.15, 0.2) is 0 Å². The Morgan fingerprint density at radius 3 is 2.41 bits per heavy atom. The number of nitrogens with one attached hydrogen (secondary N) is 1. The van der Waals surface area contributed by atoms with Crippen molar-refractivity contribution in [1.82, 2.24) is 10.3 Å². The van der Waals surface area contributed by atoms with Gasteiger partial charge in [0.2, 0.25) is 0 Å². The number of fused-ring (bicyclic) bond motifs is 1. The molecular weight excluding hydrogens is 432 g/mol. The summed E-state index contributed by atoms with van der Waals surface area (Å²) in [7, 11) is 0. The van der Waals surface area contributed by atoms with Crippen LogP contribution >= 0.6 is 0 Å². The lowest BCUT2D eigenvalue weighted by Crippen LogP contribution is -2.27. The molecule has 0 saturated carbocycles. The molecule has 0 spiro atoms. The predicted octanol–water partition coefficient (Wildman–Crippen LogP) is 4.69. The highest BCUT2D eigenvalue weighted by molar-refractivity contribution is 6.06. The van der Waals surface area contributed by atoms with Crippen LogP contribution in [0, 0.1) is 5.82 Å². The first-order valence-electron chi connectivity index (χ1n) is 9.19. The van der Waals surface area contributed by atoms with E-state index in [1.807, 2.05) is 0 Å². The molecule has 32 heavy (non-hydrogen) atoms. The van der Waals surface area contributed by atoms with E-state index in [0.717, 1.165) is 24.4 Å². The molecule has 2 aromatic carbocycles. The van der Waals surface area contributed by atoms with Gasteiger partial charge in [0.1, 0.15) is 29.6 Å². The number of nitrogens with zero attached hydrogens (tertiary/aromatic N) is 1. The second-order valence-corrected chi connectivity index (χ2v) is 6.58. The lowest BCUT2D eigenvalue weighted by Gasteiger charge is -2.16. The fraction of sp³-hybridized carbons (Fsp3) is 0.136. The summed E-state index contributed by atoms with van der Waals surface area (Å²) in [4.78, 5) is 27.2. The van der Waals surface area contributed by atoms with E-state index in [0.29, 0.717) is 0 Å². The number of carboxylic acid groups (broad SMARTS) is 1. The van der Waals surface area contributed by atoms with Crippen LogP contribution in [0.5, 0.6) is 5.75 Å². The van der Waals surface area contributed by atoms with Crippen molar-refractivity contribution in [1.29, 1.82) is 0 Å². The molecule has 0 radical (unpaired) electrons. The molecule has 1 heterocycles. The number of rotatable bonds is 6. The Bertz CT molecular complexity index is 1210. The number of alkyl halides is 3. The van der Waals surface area contributed by atoms with Gasteiger partial charge in [-0.2, -0.15) is 13.2 Å². The minimum Gasteiger partial charge on any atom is -0.487 e. The highest BCUT2D eigenvalue weighted by atomic mass is 19.4. The number of carbonyl (C=O) groups excluding carboxylic acids is 1. The molecule has 6 nitrogen and oxygen atoms in total. The number of aromatic nitrogens is 1. The van der Waals surface area contributed by atoms with E-state index in [4.69, 9.17) is 9.84 Å². The third-order valence-corrected chi connectivity index (χ3v) is 4.45. The van der Waals surface area contributed by atoms with Crippen molar-refractivity contribution in [3.8, 4) is 5.75 Å². The van der Waals surface area contributed by atoms with Gasteiger partial charge in [0.05, 0.1) is 5.56 Å². The molecule has 0 atom stereocenters. The zero-order valence-corrected chi connectivity index (χ0v) is 16.5. The molecule has 0 saturated heterocycles. The van der Waals surface area contributed by atoms with E-state index < -0.39 is 35.3 Å². The van der Waals surface area contributed by atoms with Crippen molar-refractivity contribution in [3.63, 3.8) is 0 Å². The first-order chi connectivity index (χ1) is 15.1. The van der Waals surface area contributed by atoms with Gasteiger partial charge < -0.3 is 15.2 Å². The van der Waals surface area contributed by atoms with Crippen LogP contribution in [-0.2, 0) is 17.6 Å². The zero-order valence-electron chi connectivity index (χ0n) is 16.5. The van der Waals surface area contributed by atoms with Crippen LogP contribution in [0.15, 0.2) is 60.4 Å². The van der Waals surface area contributed by atoms with Gasteiger partial charge in [-0.15, -0.1) is 0 Å². The number of aliphatic carboxylic acids is 1. The van der Waals surface area contributed by atoms with Crippen molar-refractivity contribution in [2.24, 2.45) is 0 Å². The van der Waals surface area contributed by atoms with Gasteiger partial charge in [-0.1, -0.05) is 36.4 Å². The molecule has 0 unspecified atom stereocenters. The fourth-order valence-electron chi connectivity index (χ4n) is 2.90. The quantitative estimate of drug-likeness (QED) is 0.422. The lowest BCUT2D eigenvalue weighted by atomic mass is 10.0. The molecule has 0 aliphatic rings. The molecule has 10 heteroatoms.